The summed E-state index contributed by atoms with van der Waals surface area (Å²) in [7, 11) is 0. The molecule has 2 aromatic carbocycles. The van der Waals surface area contributed by atoms with E-state index in [1.54, 1.807) is 18.2 Å². The molecular weight excluding hydrogens is 342 g/mol. The molecule has 0 aliphatic rings. The van der Waals surface area contributed by atoms with E-state index >= 15 is 0 Å². The van der Waals surface area contributed by atoms with Gasteiger partial charge in [-0.3, -0.25) is 0 Å². The Bertz CT molecular complexity index is 767. The van der Waals surface area contributed by atoms with Crippen LogP contribution in [0.4, 0.5) is 0 Å². The number of aromatic carboxylic acids is 1. The van der Waals surface area contributed by atoms with Gasteiger partial charge in [-0.05, 0) is 42.1 Å². The quantitative estimate of drug-likeness (QED) is 0.757. The number of carbonyl (C=O) groups is 1. The second kappa shape index (κ2) is 5.30. The number of para-hydroxylation sites is 2. The third-order valence-electron chi connectivity index (χ3n) is 2.64. The van der Waals surface area contributed by atoms with Crippen LogP contribution in [0.15, 0.2) is 61.5 Å². The highest BCUT2D eigenvalue weighted by Gasteiger charge is 2.14. The van der Waals surface area contributed by atoms with Crippen molar-refractivity contribution in [2.45, 2.75) is 10.1 Å². The SMILES string of the molecule is O=C(O)c1cc(Br)ccc1Sc1nc2ccccc2o1. The molecule has 100 valence electrons. The van der Waals surface area contributed by atoms with Crippen LogP contribution in [0.5, 0.6) is 0 Å². The second-order valence-electron chi connectivity index (χ2n) is 4.00. The minimum Gasteiger partial charge on any atom is -0.478 e. The maximum Gasteiger partial charge on any atom is 0.336 e. The van der Waals surface area contributed by atoms with E-state index in [1.807, 2.05) is 24.3 Å². The summed E-state index contributed by atoms with van der Waals surface area (Å²) in [5.41, 5.74) is 1.65. The summed E-state index contributed by atoms with van der Waals surface area (Å²) in [5, 5.41) is 9.65. The Hall–Kier alpha value is -1.79. The van der Waals surface area contributed by atoms with Crippen molar-refractivity contribution in [3.63, 3.8) is 0 Å². The Balaban J connectivity index is 2.00. The van der Waals surface area contributed by atoms with Crippen LogP contribution in [0.25, 0.3) is 11.1 Å². The zero-order valence-corrected chi connectivity index (χ0v) is 12.4. The monoisotopic (exact) mass is 349 g/mol. The predicted molar refractivity (Wildman–Crippen MR) is 79.2 cm³/mol. The van der Waals surface area contributed by atoms with Gasteiger partial charge in [0.15, 0.2) is 5.58 Å². The van der Waals surface area contributed by atoms with Gasteiger partial charge >= 0.3 is 5.97 Å². The zero-order valence-electron chi connectivity index (χ0n) is 10.0. The molecule has 0 radical (unpaired) electrons. The Morgan fingerprint density at radius 3 is 2.80 bits per heavy atom. The van der Waals surface area contributed by atoms with Crippen molar-refractivity contribution < 1.29 is 14.3 Å². The summed E-state index contributed by atoms with van der Waals surface area (Å²) in [6.45, 7) is 0. The molecule has 1 aromatic heterocycles. The van der Waals surface area contributed by atoms with E-state index in [0.717, 1.165) is 9.99 Å². The average molecular weight is 350 g/mol. The lowest BCUT2D eigenvalue weighted by molar-refractivity contribution is 0.0693. The number of hydrogen-bond acceptors (Lipinski definition) is 4. The van der Waals surface area contributed by atoms with Crippen molar-refractivity contribution in [3.05, 3.63) is 52.5 Å². The number of rotatable bonds is 3. The van der Waals surface area contributed by atoms with E-state index in [2.05, 4.69) is 20.9 Å². The number of oxazole rings is 1. The Labute approximate surface area is 126 Å². The van der Waals surface area contributed by atoms with Crippen molar-refractivity contribution in [2.75, 3.05) is 0 Å². The van der Waals surface area contributed by atoms with Crippen LogP contribution in [0.2, 0.25) is 0 Å². The summed E-state index contributed by atoms with van der Waals surface area (Å²) in [6.07, 6.45) is 0. The average Bonchev–Trinajstić information content (AvgIpc) is 2.82. The lowest BCUT2D eigenvalue weighted by Crippen LogP contribution is -1.98. The van der Waals surface area contributed by atoms with E-state index < -0.39 is 5.97 Å². The summed E-state index contributed by atoms with van der Waals surface area (Å²) in [4.78, 5) is 16.2. The number of benzene rings is 2. The fraction of sp³-hybridized carbons (Fsp3) is 0. The van der Waals surface area contributed by atoms with Crippen LogP contribution in [0, 0.1) is 0 Å². The normalized spacial score (nSPS) is 10.8. The van der Waals surface area contributed by atoms with Crippen molar-refractivity contribution in [3.8, 4) is 0 Å². The molecule has 6 heteroatoms. The molecule has 0 aliphatic carbocycles. The highest BCUT2D eigenvalue weighted by molar-refractivity contribution is 9.10. The molecule has 0 unspecified atom stereocenters. The Morgan fingerprint density at radius 1 is 1.25 bits per heavy atom. The summed E-state index contributed by atoms with van der Waals surface area (Å²) >= 11 is 4.46. The number of fused-ring (bicyclic) bond motifs is 1. The van der Waals surface area contributed by atoms with Crippen molar-refractivity contribution in [2.24, 2.45) is 0 Å². The third-order valence-corrected chi connectivity index (χ3v) is 4.06. The maximum atomic E-state index is 11.3. The molecule has 0 bridgehead atoms. The number of aromatic nitrogens is 1. The lowest BCUT2D eigenvalue weighted by Gasteiger charge is -2.03. The molecule has 0 spiro atoms. The number of halogens is 1. The molecule has 0 saturated heterocycles. The van der Waals surface area contributed by atoms with Gasteiger partial charge in [-0.2, -0.15) is 0 Å². The van der Waals surface area contributed by atoms with Crippen molar-refractivity contribution >= 4 is 44.8 Å². The van der Waals surface area contributed by atoms with Crippen LogP contribution < -0.4 is 0 Å². The topological polar surface area (TPSA) is 63.3 Å². The Morgan fingerprint density at radius 2 is 2.05 bits per heavy atom. The molecule has 1 heterocycles. The first-order chi connectivity index (χ1) is 9.63. The van der Waals surface area contributed by atoms with Gasteiger partial charge in [-0.15, -0.1) is 0 Å². The molecule has 0 aliphatic heterocycles. The maximum absolute atomic E-state index is 11.3. The van der Waals surface area contributed by atoms with Gasteiger partial charge in [0.05, 0.1) is 5.56 Å². The first-order valence-corrected chi connectivity index (χ1v) is 7.31. The van der Waals surface area contributed by atoms with E-state index in [1.165, 1.54) is 11.8 Å². The smallest absolute Gasteiger partial charge is 0.336 e. The van der Waals surface area contributed by atoms with E-state index in [9.17, 15) is 9.90 Å². The minimum atomic E-state index is -0.982. The molecule has 3 rings (SSSR count). The molecule has 4 nitrogen and oxygen atoms in total. The predicted octanol–water partition coefficient (Wildman–Crippen LogP) is 4.44. The number of carboxylic acid groups (broad SMARTS) is 1. The molecule has 0 amide bonds. The third kappa shape index (κ3) is 2.57. The van der Waals surface area contributed by atoms with Crippen LogP contribution in [0.3, 0.4) is 0 Å². The van der Waals surface area contributed by atoms with Crippen LogP contribution >= 0.6 is 27.7 Å². The largest absolute Gasteiger partial charge is 0.478 e. The highest BCUT2D eigenvalue weighted by Crippen LogP contribution is 2.33. The molecule has 20 heavy (non-hydrogen) atoms. The first-order valence-electron chi connectivity index (χ1n) is 5.70. The van der Waals surface area contributed by atoms with Crippen molar-refractivity contribution in [1.29, 1.82) is 0 Å². The molecule has 0 atom stereocenters. The van der Waals surface area contributed by atoms with Gasteiger partial charge in [0.2, 0.25) is 0 Å². The highest BCUT2D eigenvalue weighted by atomic mass is 79.9. The van der Waals surface area contributed by atoms with Gasteiger partial charge < -0.3 is 9.52 Å². The molecular formula is C14H8BrNO3S. The molecule has 1 N–H and O–H groups in total. The van der Waals surface area contributed by atoms with Crippen molar-refractivity contribution in [1.82, 2.24) is 4.98 Å². The number of hydrogen-bond donors (Lipinski definition) is 1. The van der Waals surface area contributed by atoms with Gasteiger partial charge in [0.1, 0.15) is 5.52 Å². The van der Waals surface area contributed by atoms with E-state index in [-0.39, 0.29) is 5.56 Å². The van der Waals surface area contributed by atoms with E-state index in [4.69, 9.17) is 4.42 Å². The summed E-state index contributed by atoms with van der Waals surface area (Å²) in [6, 6.07) is 12.5. The van der Waals surface area contributed by atoms with Crippen LogP contribution in [-0.2, 0) is 0 Å². The Kier molecular flexibility index (Phi) is 3.50. The first kappa shape index (κ1) is 13.2. The molecule has 0 fully saturated rings. The fourth-order valence-electron chi connectivity index (χ4n) is 1.75. The minimum absolute atomic E-state index is 0.214. The lowest BCUT2D eigenvalue weighted by atomic mass is 10.2. The van der Waals surface area contributed by atoms with Gasteiger partial charge in [-0.25, -0.2) is 9.78 Å². The standard InChI is InChI=1S/C14H8BrNO3S/c15-8-5-6-12(9(7-8)13(17)18)20-14-16-10-3-1-2-4-11(10)19-14/h1-7H,(H,17,18). The molecule has 3 aromatic rings. The van der Waals surface area contributed by atoms with E-state index in [0.29, 0.717) is 15.7 Å². The number of carboxylic acids is 1. The van der Waals surface area contributed by atoms with Gasteiger partial charge in [-0.1, -0.05) is 28.1 Å². The van der Waals surface area contributed by atoms with Gasteiger partial charge in [0, 0.05) is 9.37 Å². The molecule has 0 saturated carbocycles. The van der Waals surface area contributed by atoms with Crippen LogP contribution in [0.1, 0.15) is 10.4 Å². The summed E-state index contributed by atoms with van der Waals surface area (Å²) < 4.78 is 6.30. The second-order valence-corrected chi connectivity index (χ2v) is 5.90. The summed E-state index contributed by atoms with van der Waals surface area (Å²) in [5.74, 6) is -0.982. The number of nitrogens with zero attached hydrogens (tertiary/aromatic N) is 1. The van der Waals surface area contributed by atoms with Crippen LogP contribution in [-0.4, -0.2) is 16.1 Å². The zero-order chi connectivity index (χ0) is 14.1. The van der Waals surface area contributed by atoms with Gasteiger partial charge in [0.25, 0.3) is 5.22 Å². The fourth-order valence-corrected chi connectivity index (χ4v) is 2.96.